The molecule has 4 rings (SSSR count). The zero-order chi connectivity index (χ0) is 19.7. The fourth-order valence-electron chi connectivity index (χ4n) is 4.64. The Morgan fingerprint density at radius 2 is 1.82 bits per heavy atom. The summed E-state index contributed by atoms with van der Waals surface area (Å²) in [5, 5.41) is 0. The third kappa shape index (κ3) is 3.92. The van der Waals surface area contributed by atoms with Crippen LogP contribution in [0.5, 0.6) is 0 Å². The van der Waals surface area contributed by atoms with E-state index in [9.17, 15) is 0 Å². The lowest BCUT2D eigenvalue weighted by Crippen LogP contribution is -2.25. The summed E-state index contributed by atoms with van der Waals surface area (Å²) in [7, 11) is 0. The van der Waals surface area contributed by atoms with Gasteiger partial charge in [0.1, 0.15) is 0 Å². The van der Waals surface area contributed by atoms with Gasteiger partial charge in [0.15, 0.2) is 0 Å². The van der Waals surface area contributed by atoms with Crippen LogP contribution in [0.4, 0.5) is 0 Å². The van der Waals surface area contributed by atoms with E-state index in [0.29, 0.717) is 5.41 Å². The van der Waals surface area contributed by atoms with E-state index in [1.165, 1.54) is 65.4 Å². The van der Waals surface area contributed by atoms with E-state index in [1.807, 2.05) is 6.20 Å². The maximum absolute atomic E-state index is 4.90. The topological polar surface area (TPSA) is 17.8 Å². The van der Waals surface area contributed by atoms with Gasteiger partial charge in [-0.25, -0.2) is 0 Å². The van der Waals surface area contributed by atoms with Crippen LogP contribution >= 0.6 is 0 Å². The van der Waals surface area contributed by atoms with Crippen LogP contribution in [-0.2, 0) is 6.54 Å². The van der Waals surface area contributed by atoms with Crippen molar-refractivity contribution in [3.05, 3.63) is 59.4 Å². The van der Waals surface area contributed by atoms with Gasteiger partial charge < -0.3 is 4.57 Å². The lowest BCUT2D eigenvalue weighted by atomic mass is 9.75. The summed E-state index contributed by atoms with van der Waals surface area (Å²) in [6.07, 6.45) is 13.3. The SMILES string of the molecule is CC(C)=Cc1cnc2c(-c3ccc(C)cc3)cn(CC3(C)CCCCC3)c2c1. The lowest BCUT2D eigenvalue weighted by molar-refractivity contribution is 0.185. The summed E-state index contributed by atoms with van der Waals surface area (Å²) in [6.45, 7) is 9.97. The Labute approximate surface area is 169 Å². The van der Waals surface area contributed by atoms with Crippen LogP contribution in [0.25, 0.3) is 28.2 Å². The molecule has 1 aromatic carbocycles. The number of nitrogens with zero attached hydrogens (tertiary/aromatic N) is 2. The van der Waals surface area contributed by atoms with Gasteiger partial charge in [0, 0.05) is 24.5 Å². The van der Waals surface area contributed by atoms with Gasteiger partial charge in [-0.3, -0.25) is 4.98 Å². The molecule has 146 valence electrons. The Morgan fingerprint density at radius 1 is 1.11 bits per heavy atom. The molecule has 2 heteroatoms. The monoisotopic (exact) mass is 372 g/mol. The highest BCUT2D eigenvalue weighted by molar-refractivity contribution is 5.93. The van der Waals surface area contributed by atoms with Crippen LogP contribution in [0, 0.1) is 12.3 Å². The largest absolute Gasteiger partial charge is 0.345 e. The summed E-state index contributed by atoms with van der Waals surface area (Å²) in [5.74, 6) is 0. The predicted molar refractivity (Wildman–Crippen MR) is 120 cm³/mol. The van der Waals surface area contributed by atoms with Gasteiger partial charge >= 0.3 is 0 Å². The van der Waals surface area contributed by atoms with Crippen LogP contribution in [-0.4, -0.2) is 9.55 Å². The van der Waals surface area contributed by atoms with Crippen LogP contribution in [0.1, 0.15) is 64.0 Å². The van der Waals surface area contributed by atoms with Crippen molar-refractivity contribution < 1.29 is 0 Å². The van der Waals surface area contributed by atoms with Gasteiger partial charge in [0.25, 0.3) is 0 Å². The second-order valence-corrected chi connectivity index (χ2v) is 9.27. The van der Waals surface area contributed by atoms with Gasteiger partial charge in [-0.15, -0.1) is 0 Å². The molecule has 2 heterocycles. The highest BCUT2D eigenvalue weighted by atomic mass is 15.0. The van der Waals surface area contributed by atoms with Gasteiger partial charge in [-0.1, -0.05) is 67.7 Å². The average Bonchev–Trinajstić information content (AvgIpc) is 3.00. The summed E-state index contributed by atoms with van der Waals surface area (Å²) in [6, 6.07) is 11.2. The van der Waals surface area contributed by atoms with E-state index in [4.69, 9.17) is 4.98 Å². The van der Waals surface area contributed by atoms with E-state index in [0.717, 1.165) is 12.1 Å². The Bertz CT molecular complexity index is 995. The molecule has 2 aromatic heterocycles. The normalized spacial score (nSPS) is 16.3. The van der Waals surface area contributed by atoms with Gasteiger partial charge in [-0.2, -0.15) is 0 Å². The molecule has 1 aliphatic rings. The number of benzene rings is 1. The number of pyridine rings is 1. The minimum atomic E-state index is 0.390. The fraction of sp³-hybridized carbons (Fsp3) is 0.423. The van der Waals surface area contributed by atoms with Crippen LogP contribution in [0.2, 0.25) is 0 Å². The van der Waals surface area contributed by atoms with E-state index < -0.39 is 0 Å². The summed E-state index contributed by atoms with van der Waals surface area (Å²) in [5.41, 5.74) is 9.06. The quantitative estimate of drug-likeness (QED) is 0.466. The standard InChI is InChI=1S/C26H32N2/c1-19(2)14-21-15-24-25(27-16-21)23(22-10-8-20(3)9-11-22)17-28(24)18-26(4)12-6-5-7-13-26/h8-11,14-17H,5-7,12-13,18H2,1-4H3. The van der Waals surface area contributed by atoms with Crippen LogP contribution < -0.4 is 0 Å². The lowest BCUT2D eigenvalue weighted by Gasteiger charge is -2.34. The molecule has 1 fully saturated rings. The van der Waals surface area contributed by atoms with Gasteiger partial charge in [0.2, 0.25) is 0 Å². The Balaban J connectivity index is 1.83. The second kappa shape index (κ2) is 7.58. The van der Waals surface area contributed by atoms with E-state index in [1.54, 1.807) is 0 Å². The molecule has 0 spiro atoms. The zero-order valence-electron chi connectivity index (χ0n) is 17.8. The minimum Gasteiger partial charge on any atom is -0.345 e. The van der Waals surface area contributed by atoms with Crippen molar-refractivity contribution in [1.82, 2.24) is 9.55 Å². The van der Waals surface area contributed by atoms with Gasteiger partial charge in [-0.05, 0) is 56.2 Å². The second-order valence-electron chi connectivity index (χ2n) is 9.27. The third-order valence-electron chi connectivity index (χ3n) is 6.17. The number of aryl methyl sites for hydroxylation is 1. The van der Waals surface area contributed by atoms with Crippen molar-refractivity contribution in [1.29, 1.82) is 0 Å². The van der Waals surface area contributed by atoms with Crippen molar-refractivity contribution >= 4 is 17.1 Å². The zero-order valence-corrected chi connectivity index (χ0v) is 17.8. The first kappa shape index (κ1) is 19.0. The molecule has 0 unspecified atom stereocenters. The first-order valence-electron chi connectivity index (χ1n) is 10.6. The number of fused-ring (bicyclic) bond motifs is 1. The predicted octanol–water partition coefficient (Wildman–Crippen LogP) is 7.41. The smallest absolute Gasteiger partial charge is 0.0959 e. The number of allylic oxidation sites excluding steroid dienone is 1. The molecule has 0 N–H and O–H groups in total. The molecular formula is C26H32N2. The van der Waals surface area contributed by atoms with Crippen LogP contribution in [0.15, 0.2) is 48.3 Å². The maximum atomic E-state index is 4.90. The first-order chi connectivity index (χ1) is 13.4. The Hall–Kier alpha value is -2.35. The summed E-state index contributed by atoms with van der Waals surface area (Å²) < 4.78 is 2.48. The molecule has 1 saturated carbocycles. The molecule has 0 bridgehead atoms. The van der Waals surface area contributed by atoms with Crippen molar-refractivity contribution in [2.45, 2.75) is 66.3 Å². The van der Waals surface area contributed by atoms with E-state index in [2.05, 4.69) is 74.9 Å². The van der Waals surface area contributed by atoms with E-state index in [-0.39, 0.29) is 0 Å². The van der Waals surface area contributed by atoms with Crippen molar-refractivity contribution in [3.63, 3.8) is 0 Å². The van der Waals surface area contributed by atoms with Crippen LogP contribution in [0.3, 0.4) is 0 Å². The number of hydrogen-bond donors (Lipinski definition) is 0. The number of hydrogen-bond acceptors (Lipinski definition) is 1. The molecule has 2 nitrogen and oxygen atoms in total. The highest BCUT2D eigenvalue weighted by Crippen LogP contribution is 2.39. The molecular weight excluding hydrogens is 340 g/mol. The minimum absolute atomic E-state index is 0.390. The Kier molecular flexibility index (Phi) is 5.14. The molecule has 0 atom stereocenters. The van der Waals surface area contributed by atoms with Crippen molar-refractivity contribution in [2.75, 3.05) is 0 Å². The summed E-state index contributed by atoms with van der Waals surface area (Å²) in [4.78, 5) is 4.90. The molecule has 0 amide bonds. The van der Waals surface area contributed by atoms with Crippen molar-refractivity contribution in [3.8, 4) is 11.1 Å². The number of rotatable bonds is 4. The third-order valence-corrected chi connectivity index (χ3v) is 6.17. The molecule has 0 aliphatic heterocycles. The average molecular weight is 373 g/mol. The first-order valence-corrected chi connectivity index (χ1v) is 10.6. The summed E-state index contributed by atoms with van der Waals surface area (Å²) >= 11 is 0. The molecule has 0 saturated heterocycles. The number of aromatic nitrogens is 2. The van der Waals surface area contributed by atoms with Gasteiger partial charge in [0.05, 0.1) is 11.0 Å². The van der Waals surface area contributed by atoms with E-state index >= 15 is 0 Å². The Morgan fingerprint density at radius 3 is 2.50 bits per heavy atom. The van der Waals surface area contributed by atoms with Crippen molar-refractivity contribution in [2.24, 2.45) is 5.41 Å². The molecule has 28 heavy (non-hydrogen) atoms. The molecule has 1 aliphatic carbocycles. The maximum Gasteiger partial charge on any atom is 0.0959 e. The highest BCUT2D eigenvalue weighted by Gasteiger charge is 2.28. The molecule has 3 aromatic rings. The fourth-order valence-corrected chi connectivity index (χ4v) is 4.64. The molecule has 0 radical (unpaired) electrons.